The summed E-state index contributed by atoms with van der Waals surface area (Å²) in [6, 6.07) is 6.17. The van der Waals surface area contributed by atoms with Crippen molar-refractivity contribution in [2.45, 2.75) is 44.9 Å². The van der Waals surface area contributed by atoms with Gasteiger partial charge in [-0.05, 0) is 44.4 Å². The lowest BCUT2D eigenvalue weighted by molar-refractivity contribution is -0.141. The maximum atomic E-state index is 14.0. The van der Waals surface area contributed by atoms with Crippen molar-refractivity contribution in [3.63, 3.8) is 0 Å². The minimum atomic E-state index is -4.67. The number of carbonyl (C=O) groups excluding carboxylic acids is 1. The molecule has 1 aromatic carbocycles. The molecule has 2 aliphatic heterocycles. The second-order valence-corrected chi connectivity index (χ2v) is 9.55. The van der Waals surface area contributed by atoms with Crippen LogP contribution in [0.3, 0.4) is 0 Å². The summed E-state index contributed by atoms with van der Waals surface area (Å²) in [5.41, 5.74) is 0.491. The molecule has 0 radical (unpaired) electrons. The average molecular weight is 526 g/mol. The van der Waals surface area contributed by atoms with Gasteiger partial charge in [0.25, 0.3) is 0 Å². The highest BCUT2D eigenvalue weighted by Crippen LogP contribution is 2.43. The molecule has 0 N–H and O–H groups in total. The van der Waals surface area contributed by atoms with Crippen LogP contribution in [0.15, 0.2) is 39.8 Å². The smallest absolute Gasteiger partial charge is 0.359 e. The van der Waals surface area contributed by atoms with Gasteiger partial charge in [-0.2, -0.15) is 18.3 Å². The molecule has 2 aromatic heterocycles. The Balaban J connectivity index is 1.61. The highest BCUT2D eigenvalue weighted by molar-refractivity contribution is 6.42. The highest BCUT2D eigenvalue weighted by atomic mass is 35.5. The fourth-order valence-electron chi connectivity index (χ4n) is 4.82. The molecular formula is C23H20Cl2F3N5O2. The molecule has 0 bridgehead atoms. The maximum Gasteiger partial charge on any atom is 0.435 e. The van der Waals surface area contributed by atoms with Crippen molar-refractivity contribution in [2.75, 3.05) is 6.54 Å². The Morgan fingerprint density at radius 1 is 1.14 bits per heavy atom. The predicted molar refractivity (Wildman–Crippen MR) is 123 cm³/mol. The van der Waals surface area contributed by atoms with Gasteiger partial charge in [0.2, 0.25) is 5.91 Å². The summed E-state index contributed by atoms with van der Waals surface area (Å²) in [5, 5.41) is 8.26. The molecule has 184 valence electrons. The third kappa shape index (κ3) is 4.23. The van der Waals surface area contributed by atoms with Crippen LogP contribution in [-0.4, -0.2) is 38.0 Å². The van der Waals surface area contributed by atoms with E-state index in [-0.39, 0.29) is 27.8 Å². The maximum absolute atomic E-state index is 14.0. The summed E-state index contributed by atoms with van der Waals surface area (Å²) in [4.78, 5) is 20.0. The number of amides is 1. The third-order valence-electron chi connectivity index (χ3n) is 6.39. The van der Waals surface area contributed by atoms with E-state index in [1.165, 1.54) is 0 Å². The highest BCUT2D eigenvalue weighted by Gasteiger charge is 2.45. The molecule has 0 aliphatic carbocycles. The largest absolute Gasteiger partial charge is 0.435 e. The normalized spacial score (nSPS) is 22.3. The Hall–Kier alpha value is -2.85. The van der Waals surface area contributed by atoms with E-state index in [1.807, 2.05) is 0 Å². The van der Waals surface area contributed by atoms with Crippen molar-refractivity contribution in [1.29, 1.82) is 0 Å². The van der Waals surface area contributed by atoms with E-state index in [4.69, 9.17) is 27.7 Å². The van der Waals surface area contributed by atoms with Crippen LogP contribution >= 0.6 is 23.2 Å². The van der Waals surface area contributed by atoms with Crippen LogP contribution in [0.4, 0.5) is 19.0 Å². The molecule has 1 saturated heterocycles. The number of hydrogen-bond donors (Lipinski definition) is 0. The average Bonchev–Trinajstić information content (AvgIpc) is 3.52. The molecule has 1 amide bonds. The van der Waals surface area contributed by atoms with Gasteiger partial charge < -0.3 is 9.42 Å². The lowest BCUT2D eigenvalue weighted by Crippen LogP contribution is -2.44. The number of aryl methyl sites for hydroxylation is 1. The quantitative estimate of drug-likeness (QED) is 0.409. The number of aromatic nitrogens is 3. The molecule has 3 aromatic rings. The molecule has 12 heteroatoms. The number of likely N-dealkylation sites (tertiary alicyclic amines) is 1. The minimum absolute atomic E-state index is 0.0128. The zero-order valence-electron chi connectivity index (χ0n) is 18.7. The van der Waals surface area contributed by atoms with Crippen LogP contribution < -0.4 is 0 Å². The fourth-order valence-corrected chi connectivity index (χ4v) is 5.13. The van der Waals surface area contributed by atoms with Crippen LogP contribution in [0.2, 0.25) is 10.0 Å². The van der Waals surface area contributed by atoms with E-state index in [9.17, 15) is 18.0 Å². The van der Waals surface area contributed by atoms with E-state index in [0.29, 0.717) is 35.7 Å². The van der Waals surface area contributed by atoms with Gasteiger partial charge in [-0.1, -0.05) is 34.4 Å². The summed E-state index contributed by atoms with van der Waals surface area (Å²) in [7, 11) is 0. The van der Waals surface area contributed by atoms with Gasteiger partial charge >= 0.3 is 6.18 Å². The van der Waals surface area contributed by atoms with Crippen molar-refractivity contribution in [2.24, 2.45) is 10.9 Å². The van der Waals surface area contributed by atoms with E-state index in [2.05, 4.69) is 15.2 Å². The molecule has 1 fully saturated rings. The third-order valence-corrected chi connectivity index (χ3v) is 7.13. The van der Waals surface area contributed by atoms with Gasteiger partial charge in [0.1, 0.15) is 5.92 Å². The van der Waals surface area contributed by atoms with E-state index in [1.54, 1.807) is 43.0 Å². The monoisotopic (exact) mass is 525 g/mol. The molecule has 0 spiro atoms. The number of halogens is 5. The first-order chi connectivity index (χ1) is 16.5. The van der Waals surface area contributed by atoms with Crippen LogP contribution in [0.1, 0.15) is 54.6 Å². The molecule has 4 heterocycles. The lowest BCUT2D eigenvalue weighted by atomic mass is 9.86. The van der Waals surface area contributed by atoms with E-state index < -0.39 is 23.8 Å². The Bertz CT molecular complexity index is 1330. The Labute approximate surface area is 208 Å². The summed E-state index contributed by atoms with van der Waals surface area (Å²) in [5.74, 6) is -0.610. The molecule has 35 heavy (non-hydrogen) atoms. The van der Waals surface area contributed by atoms with Crippen molar-refractivity contribution < 1.29 is 22.5 Å². The first-order valence-corrected chi connectivity index (χ1v) is 11.7. The number of fused-ring (bicyclic) bond motifs is 1. The van der Waals surface area contributed by atoms with E-state index >= 15 is 0 Å². The Kier molecular flexibility index (Phi) is 5.91. The summed E-state index contributed by atoms with van der Waals surface area (Å²) < 4.78 is 47.1. The standard InChI is InChI=1S/C23H20Cl2F3N5O2/c1-11-8-17(35-31-11)16-4-3-7-32(16)22(34)20-12(2)29-19-10-18(23(26,27)28)30-33(19)21(20)13-5-6-14(24)15(25)9-13/h5-6,8-10,16,20-21H,3-4,7H2,1-2H3/t16-,20?,21+/m0/s1. The molecule has 1 unspecified atom stereocenters. The zero-order chi connectivity index (χ0) is 25.1. The topological polar surface area (TPSA) is 76.5 Å². The molecule has 3 atom stereocenters. The fraction of sp³-hybridized carbons (Fsp3) is 0.391. The molecule has 5 rings (SSSR count). The Morgan fingerprint density at radius 2 is 1.91 bits per heavy atom. The second kappa shape index (κ2) is 8.67. The van der Waals surface area contributed by atoms with Gasteiger partial charge in [0.05, 0.1) is 27.8 Å². The van der Waals surface area contributed by atoms with Crippen LogP contribution in [0, 0.1) is 12.8 Å². The number of rotatable bonds is 3. The van der Waals surface area contributed by atoms with Gasteiger partial charge in [0, 0.05) is 24.4 Å². The SMILES string of the molecule is CC1=Nc2cc(C(F)(F)F)nn2[C@H](c2ccc(Cl)c(Cl)c2)C1C(=O)N1CCC[C@H]1c1cc(C)no1. The van der Waals surface area contributed by atoms with Crippen LogP contribution in [-0.2, 0) is 11.0 Å². The van der Waals surface area contributed by atoms with Gasteiger partial charge in [0.15, 0.2) is 17.3 Å². The molecule has 7 nitrogen and oxygen atoms in total. The van der Waals surface area contributed by atoms with Crippen LogP contribution in [0.5, 0.6) is 0 Å². The van der Waals surface area contributed by atoms with E-state index in [0.717, 1.165) is 17.2 Å². The number of nitrogens with zero attached hydrogens (tertiary/aromatic N) is 5. The van der Waals surface area contributed by atoms with Gasteiger partial charge in [-0.15, -0.1) is 0 Å². The van der Waals surface area contributed by atoms with Gasteiger partial charge in [-0.25, -0.2) is 9.67 Å². The Morgan fingerprint density at radius 3 is 2.57 bits per heavy atom. The molecule has 2 aliphatic rings. The molecule has 0 saturated carbocycles. The zero-order valence-corrected chi connectivity index (χ0v) is 20.2. The summed E-state index contributed by atoms with van der Waals surface area (Å²) >= 11 is 12.3. The summed E-state index contributed by atoms with van der Waals surface area (Å²) in [6.07, 6.45) is -3.23. The first kappa shape index (κ1) is 23.9. The number of alkyl halides is 3. The van der Waals surface area contributed by atoms with Crippen LogP contribution in [0.25, 0.3) is 0 Å². The van der Waals surface area contributed by atoms with Crippen molar-refractivity contribution in [3.05, 3.63) is 63.1 Å². The first-order valence-electron chi connectivity index (χ1n) is 10.9. The predicted octanol–water partition coefficient (Wildman–Crippen LogP) is 6.18. The van der Waals surface area contributed by atoms with Crippen molar-refractivity contribution in [3.8, 4) is 0 Å². The van der Waals surface area contributed by atoms with Crippen molar-refractivity contribution in [1.82, 2.24) is 19.8 Å². The second-order valence-electron chi connectivity index (χ2n) is 8.74. The molecular weight excluding hydrogens is 506 g/mol. The summed E-state index contributed by atoms with van der Waals surface area (Å²) in [6.45, 7) is 3.91. The lowest BCUT2D eigenvalue weighted by Gasteiger charge is -2.35. The minimum Gasteiger partial charge on any atom is -0.359 e. The number of hydrogen-bond acceptors (Lipinski definition) is 5. The van der Waals surface area contributed by atoms with Crippen molar-refractivity contribution >= 4 is 40.6 Å². The van der Waals surface area contributed by atoms with Gasteiger partial charge in [-0.3, -0.25) is 4.79 Å². The number of benzene rings is 1. The number of aliphatic imine (C=N–C) groups is 1. The number of carbonyl (C=O) groups is 1.